The lowest BCUT2D eigenvalue weighted by Crippen LogP contribution is -2.30. The topological polar surface area (TPSA) is 74.7 Å². The summed E-state index contributed by atoms with van der Waals surface area (Å²) in [5.74, 6) is -1.23. The summed E-state index contributed by atoms with van der Waals surface area (Å²) in [7, 11) is -2.37. The maximum absolute atomic E-state index is 12.5. The molecule has 0 aliphatic heterocycles. The maximum Gasteiger partial charge on any atom is 0.347 e. The number of carboxylic acids is 1. The Hall–Kier alpha value is -1.22. The number of carbonyl (C=O) groups is 1. The number of sulfonamides is 1. The third-order valence-corrected chi connectivity index (χ3v) is 7.03. The first-order chi connectivity index (χ1) is 9.35. The summed E-state index contributed by atoms with van der Waals surface area (Å²) >= 11 is 2.37. The fourth-order valence-corrected chi connectivity index (χ4v) is 5.19. The Morgan fingerprint density at radius 2 is 2.00 bits per heavy atom. The van der Waals surface area contributed by atoms with Crippen LogP contribution in [0.25, 0.3) is 0 Å². The van der Waals surface area contributed by atoms with Gasteiger partial charge in [-0.3, -0.25) is 0 Å². The third-order valence-electron chi connectivity index (χ3n) is 2.98. The van der Waals surface area contributed by atoms with Crippen LogP contribution in [0.2, 0.25) is 0 Å². The smallest absolute Gasteiger partial charge is 0.347 e. The van der Waals surface area contributed by atoms with Gasteiger partial charge in [-0.2, -0.15) is 4.31 Å². The molecule has 2 rings (SSSR count). The number of nitrogens with zero attached hydrogens (tertiary/aromatic N) is 1. The van der Waals surface area contributed by atoms with Crippen LogP contribution in [-0.4, -0.2) is 30.8 Å². The molecule has 1 atom stereocenters. The lowest BCUT2D eigenvalue weighted by Gasteiger charge is -2.23. The van der Waals surface area contributed by atoms with Crippen molar-refractivity contribution in [2.24, 2.45) is 0 Å². The molecule has 1 N–H and O–H groups in total. The average molecular weight is 331 g/mol. The van der Waals surface area contributed by atoms with Gasteiger partial charge in [-0.1, -0.05) is 6.07 Å². The summed E-state index contributed by atoms with van der Waals surface area (Å²) in [5, 5.41) is 12.4. The Kier molecular flexibility index (Phi) is 4.28. The Labute approximate surface area is 125 Å². The van der Waals surface area contributed by atoms with E-state index in [1.807, 2.05) is 17.5 Å². The monoisotopic (exact) mass is 331 g/mol. The van der Waals surface area contributed by atoms with Crippen molar-refractivity contribution in [3.05, 3.63) is 38.7 Å². The van der Waals surface area contributed by atoms with E-state index >= 15 is 0 Å². The van der Waals surface area contributed by atoms with Gasteiger partial charge >= 0.3 is 5.97 Å². The normalized spacial score (nSPS) is 13.6. The molecule has 0 amide bonds. The first-order valence-corrected chi connectivity index (χ1v) is 8.88. The molecule has 0 aromatic carbocycles. The van der Waals surface area contributed by atoms with Gasteiger partial charge in [-0.25, -0.2) is 13.2 Å². The highest BCUT2D eigenvalue weighted by Crippen LogP contribution is 2.31. The zero-order valence-corrected chi connectivity index (χ0v) is 13.3. The highest BCUT2D eigenvalue weighted by Gasteiger charge is 2.31. The molecule has 2 aromatic heterocycles. The van der Waals surface area contributed by atoms with Crippen molar-refractivity contribution in [1.29, 1.82) is 0 Å². The predicted molar refractivity (Wildman–Crippen MR) is 79.0 cm³/mol. The van der Waals surface area contributed by atoms with Crippen molar-refractivity contribution in [2.45, 2.75) is 17.9 Å². The summed E-state index contributed by atoms with van der Waals surface area (Å²) in [5.41, 5.74) is 0. The van der Waals surface area contributed by atoms with E-state index in [-0.39, 0.29) is 15.8 Å². The van der Waals surface area contributed by atoms with E-state index in [1.165, 1.54) is 34.1 Å². The van der Waals surface area contributed by atoms with Gasteiger partial charge in [0, 0.05) is 11.9 Å². The lowest BCUT2D eigenvalue weighted by atomic mass is 10.3. The first-order valence-electron chi connectivity index (χ1n) is 5.68. The molecule has 0 radical (unpaired) electrons. The fraction of sp³-hybridized carbons (Fsp3) is 0.250. The van der Waals surface area contributed by atoms with Crippen LogP contribution in [0, 0.1) is 0 Å². The fourth-order valence-electron chi connectivity index (χ4n) is 1.73. The van der Waals surface area contributed by atoms with Crippen molar-refractivity contribution in [3.63, 3.8) is 0 Å². The lowest BCUT2D eigenvalue weighted by molar-refractivity contribution is 0.0698. The predicted octanol–water partition coefficient (Wildman–Crippen LogP) is 2.89. The molecular weight excluding hydrogens is 318 g/mol. The van der Waals surface area contributed by atoms with Crippen molar-refractivity contribution in [2.75, 3.05) is 7.05 Å². The van der Waals surface area contributed by atoms with Crippen LogP contribution in [0.3, 0.4) is 0 Å². The zero-order chi connectivity index (χ0) is 14.9. The molecule has 2 aromatic rings. The van der Waals surface area contributed by atoms with Gasteiger partial charge < -0.3 is 5.11 Å². The number of rotatable bonds is 5. The molecule has 0 saturated carbocycles. The van der Waals surface area contributed by atoms with Crippen LogP contribution < -0.4 is 0 Å². The van der Waals surface area contributed by atoms with Crippen molar-refractivity contribution in [3.8, 4) is 0 Å². The number of hydrogen-bond donors (Lipinski definition) is 1. The standard InChI is InChI=1S/C12H13NO4S3/c1-8(9-4-3-6-18-9)13(2)20(16,17)10-5-7-19-11(10)12(14)15/h3-8H,1-2H3,(H,14,15). The van der Waals surface area contributed by atoms with Crippen molar-refractivity contribution >= 4 is 38.7 Å². The van der Waals surface area contributed by atoms with E-state index in [0.29, 0.717) is 0 Å². The molecule has 20 heavy (non-hydrogen) atoms. The summed E-state index contributed by atoms with van der Waals surface area (Å²) in [6.45, 7) is 1.77. The van der Waals surface area contributed by atoms with Gasteiger partial charge in [0.2, 0.25) is 10.0 Å². The molecule has 1 unspecified atom stereocenters. The number of aromatic carboxylic acids is 1. The van der Waals surface area contributed by atoms with Gasteiger partial charge in [-0.05, 0) is 29.8 Å². The van der Waals surface area contributed by atoms with Crippen LogP contribution in [0.15, 0.2) is 33.9 Å². The van der Waals surface area contributed by atoms with Gasteiger partial charge in [0.15, 0.2) is 0 Å². The van der Waals surface area contributed by atoms with Crippen molar-refractivity contribution in [1.82, 2.24) is 4.31 Å². The highest BCUT2D eigenvalue weighted by molar-refractivity contribution is 7.89. The summed E-state index contributed by atoms with van der Waals surface area (Å²) in [6.07, 6.45) is 0. The molecule has 5 nitrogen and oxygen atoms in total. The van der Waals surface area contributed by atoms with Crippen LogP contribution in [0.5, 0.6) is 0 Å². The SMILES string of the molecule is CC(c1cccs1)N(C)S(=O)(=O)c1ccsc1C(=O)O. The zero-order valence-electron chi connectivity index (χ0n) is 10.8. The van der Waals surface area contributed by atoms with E-state index in [0.717, 1.165) is 16.2 Å². The quantitative estimate of drug-likeness (QED) is 0.914. The second kappa shape index (κ2) is 5.65. The Morgan fingerprint density at radius 1 is 1.30 bits per heavy atom. The molecule has 0 saturated heterocycles. The molecule has 0 aliphatic carbocycles. The van der Waals surface area contributed by atoms with Gasteiger partial charge in [0.25, 0.3) is 0 Å². The molecule has 0 fully saturated rings. The number of carboxylic acid groups (broad SMARTS) is 1. The van der Waals surface area contributed by atoms with E-state index in [1.54, 1.807) is 6.92 Å². The maximum atomic E-state index is 12.5. The third kappa shape index (κ3) is 2.64. The van der Waals surface area contributed by atoms with Gasteiger partial charge in [0.05, 0.1) is 6.04 Å². The minimum atomic E-state index is -3.83. The highest BCUT2D eigenvalue weighted by atomic mass is 32.2. The van der Waals surface area contributed by atoms with E-state index < -0.39 is 16.0 Å². The Bertz CT molecular complexity index is 703. The molecule has 0 aliphatic rings. The van der Waals surface area contributed by atoms with E-state index in [9.17, 15) is 13.2 Å². The number of hydrogen-bond acceptors (Lipinski definition) is 5. The summed E-state index contributed by atoms with van der Waals surface area (Å²) in [4.78, 5) is 11.7. The molecule has 2 heterocycles. The number of thiophene rings is 2. The second-order valence-corrected chi connectivity index (χ2v) is 7.99. The molecule has 0 spiro atoms. The van der Waals surface area contributed by atoms with E-state index in [4.69, 9.17) is 5.11 Å². The summed E-state index contributed by atoms with van der Waals surface area (Å²) in [6, 6.07) is 4.69. The van der Waals surface area contributed by atoms with Crippen LogP contribution in [-0.2, 0) is 10.0 Å². The minimum absolute atomic E-state index is 0.152. The largest absolute Gasteiger partial charge is 0.477 e. The van der Waals surface area contributed by atoms with Crippen LogP contribution >= 0.6 is 22.7 Å². The Morgan fingerprint density at radius 3 is 2.55 bits per heavy atom. The molecular formula is C12H13NO4S3. The Balaban J connectivity index is 2.39. The van der Waals surface area contributed by atoms with Crippen molar-refractivity contribution < 1.29 is 18.3 Å². The second-order valence-electron chi connectivity index (χ2n) is 4.13. The van der Waals surface area contributed by atoms with E-state index in [2.05, 4.69) is 0 Å². The van der Waals surface area contributed by atoms with Crippen LogP contribution in [0.4, 0.5) is 0 Å². The molecule has 0 bridgehead atoms. The summed E-state index contributed by atoms with van der Waals surface area (Å²) < 4.78 is 26.3. The average Bonchev–Trinajstić information content (AvgIpc) is 3.07. The molecule has 8 heteroatoms. The van der Waals surface area contributed by atoms with Gasteiger partial charge in [-0.15, -0.1) is 22.7 Å². The van der Waals surface area contributed by atoms with Gasteiger partial charge in [0.1, 0.15) is 9.77 Å². The first kappa shape index (κ1) is 15.2. The minimum Gasteiger partial charge on any atom is -0.477 e. The van der Waals surface area contributed by atoms with Crippen LogP contribution in [0.1, 0.15) is 27.5 Å². The molecule has 108 valence electrons.